The van der Waals surface area contributed by atoms with Crippen LogP contribution in [0.5, 0.6) is 5.75 Å². The lowest BCUT2D eigenvalue weighted by Gasteiger charge is -2.26. The van der Waals surface area contributed by atoms with E-state index in [1.54, 1.807) is 14.0 Å². The number of ether oxygens (including phenoxy) is 1. The maximum absolute atomic E-state index is 11.5. The van der Waals surface area contributed by atoms with Crippen molar-refractivity contribution < 1.29 is 14.6 Å². The van der Waals surface area contributed by atoms with E-state index in [4.69, 9.17) is 4.74 Å². The highest BCUT2D eigenvalue weighted by molar-refractivity contribution is 5.83. The van der Waals surface area contributed by atoms with Gasteiger partial charge in [-0.05, 0) is 31.7 Å². The summed E-state index contributed by atoms with van der Waals surface area (Å²) in [5.74, 6) is 0.139. The fourth-order valence-electron chi connectivity index (χ4n) is 2.24. The van der Waals surface area contributed by atoms with Crippen molar-refractivity contribution in [3.8, 4) is 5.75 Å². The van der Waals surface area contributed by atoms with Crippen LogP contribution in [0.2, 0.25) is 0 Å². The summed E-state index contributed by atoms with van der Waals surface area (Å²) in [5, 5.41) is 9.46. The van der Waals surface area contributed by atoms with Crippen molar-refractivity contribution in [2.75, 3.05) is 7.11 Å². The van der Waals surface area contributed by atoms with E-state index in [9.17, 15) is 9.90 Å². The number of carboxylic acids is 1. The highest BCUT2D eigenvalue weighted by Gasteiger charge is 2.49. The van der Waals surface area contributed by atoms with Crippen molar-refractivity contribution in [1.29, 1.82) is 0 Å². The second kappa shape index (κ2) is 3.81. The highest BCUT2D eigenvalue weighted by Crippen LogP contribution is 2.49. The number of carboxylic acid groups (broad SMARTS) is 1. The van der Waals surface area contributed by atoms with E-state index in [1.807, 2.05) is 24.3 Å². The number of hydrogen-bond acceptors (Lipinski definition) is 2. The molecule has 1 aliphatic carbocycles. The van der Waals surface area contributed by atoms with Gasteiger partial charge in [0.1, 0.15) is 5.75 Å². The van der Waals surface area contributed by atoms with Crippen LogP contribution in [0.15, 0.2) is 24.3 Å². The third-order valence-corrected chi connectivity index (χ3v) is 3.50. The van der Waals surface area contributed by atoms with Crippen molar-refractivity contribution in [3.63, 3.8) is 0 Å². The zero-order valence-corrected chi connectivity index (χ0v) is 9.56. The maximum Gasteiger partial charge on any atom is 0.314 e. The number of carbonyl (C=O) groups is 1. The van der Waals surface area contributed by atoms with Crippen LogP contribution in [0.25, 0.3) is 0 Å². The highest BCUT2D eigenvalue weighted by atomic mass is 16.5. The van der Waals surface area contributed by atoms with Gasteiger partial charge in [0.2, 0.25) is 0 Å². The summed E-state index contributed by atoms with van der Waals surface area (Å²) in [6.45, 7) is 1.80. The molecule has 0 aliphatic heterocycles. The van der Waals surface area contributed by atoms with Crippen LogP contribution in [0.4, 0.5) is 0 Å². The molecule has 3 nitrogen and oxygen atoms in total. The molecule has 0 spiro atoms. The normalized spacial score (nSPS) is 18.9. The Morgan fingerprint density at radius 2 is 2.06 bits per heavy atom. The molecular weight excluding hydrogens is 204 g/mol. The first-order valence-electron chi connectivity index (χ1n) is 5.47. The molecule has 1 unspecified atom stereocenters. The summed E-state index contributed by atoms with van der Waals surface area (Å²) in [4.78, 5) is 11.5. The lowest BCUT2D eigenvalue weighted by atomic mass is 9.77. The van der Waals surface area contributed by atoms with E-state index >= 15 is 0 Å². The van der Waals surface area contributed by atoms with Crippen LogP contribution < -0.4 is 4.74 Å². The van der Waals surface area contributed by atoms with Crippen molar-refractivity contribution in [1.82, 2.24) is 0 Å². The van der Waals surface area contributed by atoms with Gasteiger partial charge in [-0.3, -0.25) is 4.79 Å². The quantitative estimate of drug-likeness (QED) is 0.847. The van der Waals surface area contributed by atoms with Gasteiger partial charge in [0.05, 0.1) is 12.5 Å². The molecule has 1 aromatic rings. The molecule has 1 fully saturated rings. The zero-order chi connectivity index (χ0) is 11.8. The van der Waals surface area contributed by atoms with Crippen molar-refractivity contribution in [3.05, 3.63) is 29.8 Å². The molecule has 1 atom stereocenters. The van der Waals surface area contributed by atoms with Crippen molar-refractivity contribution in [2.24, 2.45) is 5.92 Å². The summed E-state index contributed by atoms with van der Waals surface area (Å²) in [6, 6.07) is 7.39. The molecule has 1 aliphatic rings. The molecule has 0 radical (unpaired) electrons. The Labute approximate surface area is 95.0 Å². The van der Waals surface area contributed by atoms with E-state index in [-0.39, 0.29) is 5.92 Å². The third kappa shape index (κ3) is 1.56. The second-order valence-corrected chi connectivity index (χ2v) is 4.48. The van der Waals surface area contributed by atoms with E-state index in [0.717, 1.165) is 18.4 Å². The number of benzene rings is 1. The molecule has 1 saturated carbocycles. The molecule has 86 valence electrons. The van der Waals surface area contributed by atoms with Crippen molar-refractivity contribution in [2.45, 2.75) is 25.2 Å². The van der Waals surface area contributed by atoms with Crippen LogP contribution >= 0.6 is 0 Å². The third-order valence-electron chi connectivity index (χ3n) is 3.50. The summed E-state index contributed by atoms with van der Waals surface area (Å²) in [6.07, 6.45) is 1.97. The van der Waals surface area contributed by atoms with Gasteiger partial charge in [-0.1, -0.05) is 18.2 Å². The van der Waals surface area contributed by atoms with Gasteiger partial charge in [-0.25, -0.2) is 0 Å². The monoisotopic (exact) mass is 220 g/mol. The standard InChI is InChI=1S/C13H16O3/c1-13(12(14)15,9-7-8-9)10-5-3-4-6-11(10)16-2/h3-6,9H,7-8H2,1-2H3,(H,14,15). The number of hydrogen-bond donors (Lipinski definition) is 1. The van der Waals surface area contributed by atoms with Gasteiger partial charge >= 0.3 is 5.97 Å². The summed E-state index contributed by atoms with van der Waals surface area (Å²) in [5.41, 5.74) is -0.0282. The number of rotatable bonds is 4. The molecule has 1 aromatic carbocycles. The van der Waals surface area contributed by atoms with Gasteiger partial charge in [0.25, 0.3) is 0 Å². The lowest BCUT2D eigenvalue weighted by molar-refractivity contribution is -0.144. The van der Waals surface area contributed by atoms with Gasteiger partial charge in [0, 0.05) is 5.56 Å². The number of para-hydroxylation sites is 1. The molecule has 0 bridgehead atoms. The predicted molar refractivity (Wildman–Crippen MR) is 60.7 cm³/mol. The number of methoxy groups -OCH3 is 1. The zero-order valence-electron chi connectivity index (χ0n) is 9.56. The van der Waals surface area contributed by atoms with Crippen LogP contribution in [-0.2, 0) is 10.2 Å². The van der Waals surface area contributed by atoms with E-state index in [2.05, 4.69) is 0 Å². The Balaban J connectivity index is 2.50. The molecule has 0 heterocycles. The van der Waals surface area contributed by atoms with Crippen molar-refractivity contribution >= 4 is 5.97 Å². The minimum absolute atomic E-state index is 0.237. The largest absolute Gasteiger partial charge is 0.496 e. The molecule has 0 amide bonds. The second-order valence-electron chi connectivity index (χ2n) is 4.48. The molecular formula is C13H16O3. The summed E-state index contributed by atoms with van der Waals surface area (Å²) >= 11 is 0. The topological polar surface area (TPSA) is 46.5 Å². The minimum Gasteiger partial charge on any atom is -0.496 e. The smallest absolute Gasteiger partial charge is 0.314 e. The average Bonchev–Trinajstić information content (AvgIpc) is 3.11. The summed E-state index contributed by atoms with van der Waals surface area (Å²) < 4.78 is 5.26. The van der Waals surface area contributed by atoms with E-state index in [1.165, 1.54) is 0 Å². The van der Waals surface area contributed by atoms with Crippen LogP contribution in [-0.4, -0.2) is 18.2 Å². The molecule has 16 heavy (non-hydrogen) atoms. The van der Waals surface area contributed by atoms with E-state index < -0.39 is 11.4 Å². The first-order valence-corrected chi connectivity index (χ1v) is 5.47. The van der Waals surface area contributed by atoms with Gasteiger partial charge < -0.3 is 9.84 Å². The minimum atomic E-state index is -0.813. The van der Waals surface area contributed by atoms with Crippen LogP contribution in [0, 0.1) is 5.92 Å². The fourth-order valence-corrected chi connectivity index (χ4v) is 2.24. The first-order chi connectivity index (χ1) is 7.60. The van der Waals surface area contributed by atoms with E-state index in [0.29, 0.717) is 5.75 Å². The van der Waals surface area contributed by atoms with Gasteiger partial charge in [-0.2, -0.15) is 0 Å². The molecule has 0 aromatic heterocycles. The van der Waals surface area contributed by atoms with Crippen LogP contribution in [0.3, 0.4) is 0 Å². The first kappa shape index (κ1) is 11.0. The lowest BCUT2D eigenvalue weighted by Crippen LogP contribution is -2.35. The molecule has 2 rings (SSSR count). The fraction of sp³-hybridized carbons (Fsp3) is 0.462. The molecule has 0 saturated heterocycles. The van der Waals surface area contributed by atoms with Gasteiger partial charge in [0.15, 0.2) is 0 Å². The Bertz CT molecular complexity index is 409. The Morgan fingerprint density at radius 1 is 1.44 bits per heavy atom. The average molecular weight is 220 g/mol. The SMILES string of the molecule is COc1ccccc1C(C)(C(=O)O)C1CC1. The van der Waals surface area contributed by atoms with Crippen LogP contribution in [0.1, 0.15) is 25.3 Å². The Kier molecular flexibility index (Phi) is 2.62. The Hall–Kier alpha value is -1.51. The Morgan fingerprint density at radius 3 is 2.56 bits per heavy atom. The molecule has 3 heteroatoms. The number of aliphatic carboxylic acids is 1. The van der Waals surface area contributed by atoms with Gasteiger partial charge in [-0.15, -0.1) is 0 Å². The maximum atomic E-state index is 11.5. The molecule has 1 N–H and O–H groups in total. The predicted octanol–water partition coefficient (Wildman–Crippen LogP) is 2.45. The summed E-state index contributed by atoms with van der Waals surface area (Å²) in [7, 11) is 1.58.